The molecule has 3 aromatic rings. The number of hydrogen-bond acceptors (Lipinski definition) is 8. The summed E-state index contributed by atoms with van der Waals surface area (Å²) in [4.78, 5) is 37.5. The molecule has 29 heavy (non-hydrogen) atoms. The van der Waals surface area contributed by atoms with Gasteiger partial charge in [-0.25, -0.2) is 9.48 Å². The molecule has 0 atom stereocenters. The number of methoxy groups -OCH3 is 1. The maximum Gasteiger partial charge on any atom is 0.341 e. The van der Waals surface area contributed by atoms with Crippen LogP contribution in [0.15, 0.2) is 24.3 Å². The first kappa shape index (κ1) is 19.1. The summed E-state index contributed by atoms with van der Waals surface area (Å²) >= 11 is 1.36. The molecule has 0 bridgehead atoms. The second-order valence-corrected chi connectivity index (χ2v) is 7.60. The number of anilines is 1. The Morgan fingerprint density at radius 3 is 2.90 bits per heavy atom. The fourth-order valence-corrected chi connectivity index (χ4v) is 4.61. The van der Waals surface area contributed by atoms with Crippen LogP contribution in [0.25, 0.3) is 11.0 Å². The minimum Gasteiger partial charge on any atom is -0.465 e. The van der Waals surface area contributed by atoms with E-state index in [-0.39, 0.29) is 6.54 Å². The predicted molar refractivity (Wildman–Crippen MR) is 105 cm³/mol. The largest absolute Gasteiger partial charge is 0.465 e. The number of amides is 1. The van der Waals surface area contributed by atoms with Crippen LogP contribution in [-0.2, 0) is 38.4 Å². The van der Waals surface area contributed by atoms with Gasteiger partial charge in [0.05, 0.1) is 18.2 Å². The van der Waals surface area contributed by atoms with Crippen LogP contribution in [0.4, 0.5) is 5.00 Å². The smallest absolute Gasteiger partial charge is 0.341 e. The number of para-hydroxylation sites is 1. The van der Waals surface area contributed by atoms with Gasteiger partial charge in [-0.15, -0.1) is 16.4 Å². The lowest BCUT2D eigenvalue weighted by molar-refractivity contribution is -0.148. The molecule has 10 heteroatoms. The van der Waals surface area contributed by atoms with Gasteiger partial charge >= 0.3 is 11.9 Å². The summed E-state index contributed by atoms with van der Waals surface area (Å²) in [6, 6.07) is 7.22. The third kappa shape index (κ3) is 3.83. The summed E-state index contributed by atoms with van der Waals surface area (Å²) in [5.74, 6) is -1.61. The summed E-state index contributed by atoms with van der Waals surface area (Å²) in [5.41, 5.74) is 2.70. The number of thiophene rings is 1. The molecule has 2 heterocycles. The van der Waals surface area contributed by atoms with Crippen molar-refractivity contribution in [3.05, 3.63) is 40.3 Å². The molecule has 1 aliphatic carbocycles. The summed E-state index contributed by atoms with van der Waals surface area (Å²) in [6.45, 7) is -0.622. The van der Waals surface area contributed by atoms with Gasteiger partial charge in [0.25, 0.3) is 5.91 Å². The van der Waals surface area contributed by atoms with Crippen molar-refractivity contribution in [1.29, 1.82) is 0 Å². The zero-order valence-electron chi connectivity index (χ0n) is 15.6. The number of aromatic nitrogens is 3. The molecule has 1 aliphatic rings. The van der Waals surface area contributed by atoms with E-state index in [0.717, 1.165) is 29.7 Å². The minimum absolute atomic E-state index is 0.158. The summed E-state index contributed by atoms with van der Waals surface area (Å²) < 4.78 is 11.3. The maximum absolute atomic E-state index is 12.3. The number of rotatable bonds is 6. The number of aryl methyl sites for hydroxylation is 1. The fourth-order valence-electron chi connectivity index (χ4n) is 3.32. The summed E-state index contributed by atoms with van der Waals surface area (Å²) in [5, 5.41) is 11.0. The van der Waals surface area contributed by atoms with Crippen LogP contribution < -0.4 is 5.32 Å². The number of carbonyl (C=O) groups excluding carboxylic acids is 3. The maximum atomic E-state index is 12.3. The second kappa shape index (κ2) is 8.00. The summed E-state index contributed by atoms with van der Waals surface area (Å²) in [6.07, 6.45) is 2.64. The second-order valence-electron chi connectivity index (χ2n) is 6.50. The van der Waals surface area contributed by atoms with Gasteiger partial charge in [-0.3, -0.25) is 9.59 Å². The first-order valence-corrected chi connectivity index (χ1v) is 9.85. The Morgan fingerprint density at radius 1 is 1.24 bits per heavy atom. The van der Waals surface area contributed by atoms with Crippen LogP contribution in [0.2, 0.25) is 0 Å². The van der Waals surface area contributed by atoms with Crippen molar-refractivity contribution in [3.63, 3.8) is 0 Å². The van der Waals surface area contributed by atoms with E-state index < -0.39 is 24.5 Å². The monoisotopic (exact) mass is 414 g/mol. The van der Waals surface area contributed by atoms with E-state index in [2.05, 4.69) is 15.6 Å². The molecule has 9 nitrogen and oxygen atoms in total. The molecule has 150 valence electrons. The lowest BCUT2D eigenvalue weighted by atomic mass is 10.1. The van der Waals surface area contributed by atoms with Gasteiger partial charge in [-0.05, 0) is 37.0 Å². The number of nitrogens with one attached hydrogen (secondary N) is 1. The number of benzene rings is 1. The Hall–Kier alpha value is -3.27. The van der Waals surface area contributed by atoms with Crippen molar-refractivity contribution in [3.8, 4) is 0 Å². The van der Waals surface area contributed by atoms with Gasteiger partial charge in [-0.1, -0.05) is 17.3 Å². The number of carbonyl (C=O) groups is 3. The van der Waals surface area contributed by atoms with E-state index in [9.17, 15) is 14.4 Å². The molecule has 0 saturated carbocycles. The van der Waals surface area contributed by atoms with E-state index >= 15 is 0 Å². The Balaban J connectivity index is 1.37. The Morgan fingerprint density at radius 2 is 2.07 bits per heavy atom. The normalized spacial score (nSPS) is 12.6. The zero-order valence-corrected chi connectivity index (χ0v) is 16.5. The molecular formula is C19H18N4O5S. The number of nitrogens with zero attached hydrogens (tertiary/aromatic N) is 3. The number of esters is 2. The fraction of sp³-hybridized carbons (Fsp3) is 0.316. The van der Waals surface area contributed by atoms with Crippen molar-refractivity contribution in [1.82, 2.24) is 15.0 Å². The molecule has 1 N–H and O–H groups in total. The molecular weight excluding hydrogens is 396 g/mol. The van der Waals surface area contributed by atoms with Gasteiger partial charge < -0.3 is 14.8 Å². The molecule has 0 unspecified atom stereocenters. The molecule has 0 fully saturated rings. The van der Waals surface area contributed by atoms with E-state index in [0.29, 0.717) is 21.6 Å². The van der Waals surface area contributed by atoms with Crippen molar-refractivity contribution in [2.75, 3.05) is 19.0 Å². The van der Waals surface area contributed by atoms with Crippen LogP contribution in [0.1, 0.15) is 27.2 Å². The minimum atomic E-state index is -0.613. The van der Waals surface area contributed by atoms with Gasteiger partial charge in [0.2, 0.25) is 0 Å². The molecule has 0 saturated heterocycles. The lowest BCUT2D eigenvalue weighted by Gasteiger charge is -2.08. The van der Waals surface area contributed by atoms with E-state index in [4.69, 9.17) is 9.47 Å². The van der Waals surface area contributed by atoms with Crippen LogP contribution in [0.5, 0.6) is 0 Å². The van der Waals surface area contributed by atoms with Gasteiger partial charge in [-0.2, -0.15) is 0 Å². The number of fused-ring (bicyclic) bond motifs is 2. The first-order chi connectivity index (χ1) is 14.1. The van der Waals surface area contributed by atoms with Crippen molar-refractivity contribution in [2.45, 2.75) is 25.8 Å². The van der Waals surface area contributed by atoms with Crippen molar-refractivity contribution in [2.24, 2.45) is 0 Å². The average molecular weight is 414 g/mol. The Kier molecular flexibility index (Phi) is 5.26. The van der Waals surface area contributed by atoms with Crippen molar-refractivity contribution < 1.29 is 23.9 Å². The van der Waals surface area contributed by atoms with Crippen LogP contribution in [-0.4, -0.2) is 46.6 Å². The number of hydrogen-bond donors (Lipinski definition) is 1. The Labute approximate surface area is 169 Å². The topological polar surface area (TPSA) is 112 Å². The van der Waals surface area contributed by atoms with Gasteiger partial charge in [0.15, 0.2) is 6.61 Å². The molecule has 0 radical (unpaired) electrons. The van der Waals surface area contributed by atoms with Crippen molar-refractivity contribution >= 4 is 45.2 Å². The average Bonchev–Trinajstić information content (AvgIpc) is 3.41. The van der Waals surface area contributed by atoms with E-state index in [1.165, 1.54) is 23.1 Å². The molecule has 1 amide bonds. The van der Waals surface area contributed by atoms with E-state index in [1.807, 2.05) is 12.1 Å². The van der Waals surface area contributed by atoms with Gasteiger partial charge in [0, 0.05) is 4.88 Å². The van der Waals surface area contributed by atoms with E-state index in [1.54, 1.807) is 12.1 Å². The first-order valence-electron chi connectivity index (χ1n) is 9.03. The highest BCUT2D eigenvalue weighted by molar-refractivity contribution is 7.17. The molecule has 4 rings (SSSR count). The SMILES string of the molecule is COC(=O)c1c(NC(=O)COC(=O)Cn2nnc3ccccc32)sc2c1CCC2. The summed E-state index contributed by atoms with van der Waals surface area (Å²) in [7, 11) is 1.31. The van der Waals surface area contributed by atoms with Crippen LogP contribution >= 0.6 is 11.3 Å². The third-order valence-electron chi connectivity index (χ3n) is 4.63. The van der Waals surface area contributed by atoms with Crippen LogP contribution in [0.3, 0.4) is 0 Å². The van der Waals surface area contributed by atoms with Gasteiger partial charge in [0.1, 0.15) is 17.1 Å². The molecule has 1 aromatic carbocycles. The standard InChI is InChI=1S/C19H18N4O5S/c1-27-19(26)17-11-5-4-8-14(11)29-18(17)20-15(24)10-28-16(25)9-23-13-7-3-2-6-12(13)21-22-23/h2-3,6-7H,4-5,8-10H2,1H3,(H,20,24). The predicted octanol–water partition coefficient (Wildman–Crippen LogP) is 1.95. The highest BCUT2D eigenvalue weighted by Crippen LogP contribution is 2.39. The highest BCUT2D eigenvalue weighted by Gasteiger charge is 2.28. The molecule has 2 aromatic heterocycles. The zero-order chi connectivity index (χ0) is 20.4. The number of ether oxygens (including phenoxy) is 2. The highest BCUT2D eigenvalue weighted by atomic mass is 32.1. The quantitative estimate of drug-likeness (QED) is 0.614. The third-order valence-corrected chi connectivity index (χ3v) is 5.83. The Bertz CT molecular complexity index is 1100. The molecule has 0 spiro atoms. The van der Waals surface area contributed by atoms with Crippen LogP contribution in [0, 0.1) is 0 Å². The molecule has 0 aliphatic heterocycles. The lowest BCUT2D eigenvalue weighted by Crippen LogP contribution is -2.23.